The van der Waals surface area contributed by atoms with Crippen LogP contribution in [0.5, 0.6) is 0 Å². The molecule has 2 saturated heterocycles. The van der Waals surface area contributed by atoms with E-state index >= 15 is 0 Å². The van der Waals surface area contributed by atoms with E-state index in [1.165, 1.54) is 0 Å². The first-order valence-corrected chi connectivity index (χ1v) is 6.54. The van der Waals surface area contributed by atoms with Gasteiger partial charge in [-0.3, -0.25) is 19.3 Å². The van der Waals surface area contributed by atoms with Gasteiger partial charge in [0, 0.05) is 19.5 Å². The van der Waals surface area contributed by atoms with Gasteiger partial charge in [-0.05, 0) is 19.3 Å². The van der Waals surface area contributed by atoms with Crippen molar-refractivity contribution in [1.29, 1.82) is 0 Å². The second-order valence-electron chi connectivity index (χ2n) is 5.79. The summed E-state index contributed by atoms with van der Waals surface area (Å²) in [6.07, 6.45) is 3.38. The number of imide groups is 1. The standard InChI is InChI=1S/C13H20N2O3/c1-13(2)8-10(16)15(12(13)18)9-11(17)14-6-4-3-5-7-14/h3-9H2,1-2H3. The zero-order valence-corrected chi connectivity index (χ0v) is 11.1. The van der Waals surface area contributed by atoms with E-state index in [1.807, 2.05) is 0 Å². The molecule has 0 aromatic heterocycles. The number of hydrogen-bond acceptors (Lipinski definition) is 3. The second kappa shape index (κ2) is 4.71. The lowest BCUT2D eigenvalue weighted by atomic mass is 9.92. The smallest absolute Gasteiger partial charge is 0.242 e. The van der Waals surface area contributed by atoms with E-state index in [9.17, 15) is 14.4 Å². The molecule has 0 N–H and O–H groups in total. The number of piperidine rings is 1. The van der Waals surface area contributed by atoms with Gasteiger partial charge in [-0.25, -0.2) is 0 Å². The summed E-state index contributed by atoms with van der Waals surface area (Å²) in [4.78, 5) is 38.7. The summed E-state index contributed by atoms with van der Waals surface area (Å²) in [6, 6.07) is 0. The SMILES string of the molecule is CC1(C)CC(=O)N(CC(=O)N2CCCCC2)C1=O. The van der Waals surface area contributed by atoms with Gasteiger partial charge in [-0.15, -0.1) is 0 Å². The fourth-order valence-corrected chi connectivity index (χ4v) is 2.57. The van der Waals surface area contributed by atoms with Crippen LogP contribution < -0.4 is 0 Å². The lowest BCUT2D eigenvalue weighted by molar-refractivity contribution is -0.147. The van der Waals surface area contributed by atoms with Gasteiger partial charge in [0.05, 0.1) is 5.41 Å². The van der Waals surface area contributed by atoms with Gasteiger partial charge in [0.2, 0.25) is 17.7 Å². The summed E-state index contributed by atoms with van der Waals surface area (Å²) in [5, 5.41) is 0. The highest BCUT2D eigenvalue weighted by atomic mass is 16.2. The molecule has 0 aliphatic carbocycles. The third kappa shape index (κ3) is 2.40. The first kappa shape index (κ1) is 13.1. The molecular formula is C13H20N2O3. The maximum absolute atomic E-state index is 12.0. The Kier molecular flexibility index (Phi) is 3.41. The van der Waals surface area contributed by atoms with Crippen LogP contribution in [0.4, 0.5) is 0 Å². The topological polar surface area (TPSA) is 57.7 Å². The maximum atomic E-state index is 12.0. The van der Waals surface area contributed by atoms with E-state index in [0.717, 1.165) is 37.3 Å². The molecule has 2 fully saturated rings. The van der Waals surface area contributed by atoms with Crippen molar-refractivity contribution in [3.63, 3.8) is 0 Å². The van der Waals surface area contributed by atoms with Crippen molar-refractivity contribution < 1.29 is 14.4 Å². The number of hydrogen-bond donors (Lipinski definition) is 0. The minimum absolute atomic E-state index is 0.0822. The fraction of sp³-hybridized carbons (Fsp3) is 0.769. The van der Waals surface area contributed by atoms with E-state index in [-0.39, 0.29) is 30.7 Å². The summed E-state index contributed by atoms with van der Waals surface area (Å²) < 4.78 is 0. The van der Waals surface area contributed by atoms with Crippen LogP contribution in [0.2, 0.25) is 0 Å². The van der Waals surface area contributed by atoms with Gasteiger partial charge in [-0.2, -0.15) is 0 Å². The van der Waals surface area contributed by atoms with Crippen LogP contribution in [0.15, 0.2) is 0 Å². The van der Waals surface area contributed by atoms with Gasteiger partial charge in [0.15, 0.2) is 0 Å². The lowest BCUT2D eigenvalue weighted by Gasteiger charge is -2.28. The van der Waals surface area contributed by atoms with Crippen molar-refractivity contribution in [3.8, 4) is 0 Å². The molecule has 0 aromatic carbocycles. The Morgan fingerprint density at radius 2 is 1.78 bits per heavy atom. The molecule has 0 spiro atoms. The van der Waals surface area contributed by atoms with Crippen LogP contribution in [0.3, 0.4) is 0 Å². The van der Waals surface area contributed by atoms with Crippen molar-refractivity contribution in [2.24, 2.45) is 5.41 Å². The zero-order chi connectivity index (χ0) is 13.3. The largest absolute Gasteiger partial charge is 0.341 e. The molecule has 0 unspecified atom stereocenters. The molecule has 18 heavy (non-hydrogen) atoms. The number of carbonyl (C=O) groups excluding carboxylic acids is 3. The Balaban J connectivity index is 1.99. The Morgan fingerprint density at radius 3 is 2.28 bits per heavy atom. The van der Waals surface area contributed by atoms with Crippen molar-refractivity contribution in [2.75, 3.05) is 19.6 Å². The molecule has 0 atom stereocenters. The fourth-order valence-electron chi connectivity index (χ4n) is 2.57. The molecule has 100 valence electrons. The number of carbonyl (C=O) groups is 3. The quantitative estimate of drug-likeness (QED) is 0.682. The average Bonchev–Trinajstić information content (AvgIpc) is 2.52. The molecule has 0 aromatic rings. The third-order valence-corrected chi connectivity index (χ3v) is 3.72. The number of likely N-dealkylation sites (tertiary alicyclic amines) is 2. The molecule has 2 aliphatic rings. The average molecular weight is 252 g/mol. The molecule has 0 radical (unpaired) electrons. The van der Waals surface area contributed by atoms with E-state index in [0.29, 0.717) is 0 Å². The minimum atomic E-state index is -0.654. The summed E-state index contributed by atoms with van der Waals surface area (Å²) in [6.45, 7) is 4.91. The van der Waals surface area contributed by atoms with Gasteiger partial charge in [-0.1, -0.05) is 13.8 Å². The minimum Gasteiger partial charge on any atom is -0.341 e. The molecular weight excluding hydrogens is 232 g/mol. The molecule has 5 nitrogen and oxygen atoms in total. The van der Waals surface area contributed by atoms with Crippen LogP contribution in [0.25, 0.3) is 0 Å². The highest BCUT2D eigenvalue weighted by molar-refractivity contribution is 6.07. The second-order valence-corrected chi connectivity index (χ2v) is 5.79. The first-order chi connectivity index (χ1) is 8.42. The monoisotopic (exact) mass is 252 g/mol. The molecule has 0 saturated carbocycles. The third-order valence-electron chi connectivity index (χ3n) is 3.72. The Morgan fingerprint density at radius 1 is 1.17 bits per heavy atom. The molecule has 0 bridgehead atoms. The van der Waals surface area contributed by atoms with Crippen molar-refractivity contribution in [3.05, 3.63) is 0 Å². The van der Waals surface area contributed by atoms with Crippen LogP contribution in [0, 0.1) is 5.41 Å². The Hall–Kier alpha value is -1.39. The summed E-state index contributed by atoms with van der Waals surface area (Å²) in [5.74, 6) is -0.553. The van der Waals surface area contributed by atoms with Gasteiger partial charge >= 0.3 is 0 Å². The highest BCUT2D eigenvalue weighted by Crippen LogP contribution is 2.31. The molecule has 2 aliphatic heterocycles. The van der Waals surface area contributed by atoms with Gasteiger partial charge in [0.25, 0.3) is 0 Å². The summed E-state index contributed by atoms with van der Waals surface area (Å²) in [5.41, 5.74) is -0.654. The molecule has 2 heterocycles. The van der Waals surface area contributed by atoms with E-state index in [4.69, 9.17) is 0 Å². The predicted octanol–water partition coefficient (Wildman–Crippen LogP) is 0.784. The van der Waals surface area contributed by atoms with E-state index < -0.39 is 5.41 Å². The number of nitrogens with zero attached hydrogens (tertiary/aromatic N) is 2. The Bertz CT molecular complexity index is 384. The zero-order valence-electron chi connectivity index (χ0n) is 11.1. The predicted molar refractivity (Wildman–Crippen MR) is 65.5 cm³/mol. The maximum Gasteiger partial charge on any atom is 0.242 e. The molecule has 3 amide bonds. The van der Waals surface area contributed by atoms with Gasteiger partial charge in [0.1, 0.15) is 6.54 Å². The lowest BCUT2D eigenvalue weighted by Crippen LogP contribution is -2.45. The molecule has 5 heteroatoms. The van der Waals surface area contributed by atoms with Crippen molar-refractivity contribution in [2.45, 2.75) is 39.5 Å². The molecule has 2 rings (SSSR count). The summed E-state index contributed by atoms with van der Waals surface area (Å²) >= 11 is 0. The van der Waals surface area contributed by atoms with Crippen LogP contribution >= 0.6 is 0 Å². The first-order valence-electron chi connectivity index (χ1n) is 6.54. The highest BCUT2D eigenvalue weighted by Gasteiger charge is 2.45. The Labute approximate surface area is 107 Å². The van der Waals surface area contributed by atoms with Gasteiger partial charge < -0.3 is 4.90 Å². The van der Waals surface area contributed by atoms with Crippen molar-refractivity contribution in [1.82, 2.24) is 9.80 Å². The van der Waals surface area contributed by atoms with E-state index in [1.54, 1.807) is 18.7 Å². The number of amides is 3. The van der Waals surface area contributed by atoms with Crippen LogP contribution in [-0.2, 0) is 14.4 Å². The normalized spacial score (nSPS) is 23.7. The summed E-state index contributed by atoms with van der Waals surface area (Å²) in [7, 11) is 0. The number of rotatable bonds is 2. The van der Waals surface area contributed by atoms with Crippen LogP contribution in [-0.4, -0.2) is 47.2 Å². The van der Waals surface area contributed by atoms with E-state index in [2.05, 4.69) is 0 Å². The van der Waals surface area contributed by atoms with Crippen molar-refractivity contribution >= 4 is 17.7 Å². The van der Waals surface area contributed by atoms with Crippen LogP contribution in [0.1, 0.15) is 39.5 Å².